The molecule has 1 saturated carbocycles. The molecule has 0 N–H and O–H groups in total. The van der Waals surface area contributed by atoms with Gasteiger partial charge in [-0.05, 0) is 37.2 Å². The molecule has 1 aromatic heterocycles. The molecular weight excluding hydrogens is 332 g/mol. The zero-order valence-electron chi connectivity index (χ0n) is 15.7. The van der Waals surface area contributed by atoms with Crippen LogP contribution in [-0.2, 0) is 11.2 Å². The van der Waals surface area contributed by atoms with Crippen molar-refractivity contribution < 1.29 is 9.59 Å². The number of carbonyl (C=O) groups excluding carboxylic acids is 2. The van der Waals surface area contributed by atoms with Gasteiger partial charge in [0, 0.05) is 36.3 Å². The van der Waals surface area contributed by atoms with E-state index in [1.54, 1.807) is 11.3 Å². The lowest BCUT2D eigenvalue weighted by atomic mass is 10.0. The minimum Gasteiger partial charge on any atom is -0.337 e. The topological polar surface area (TPSA) is 40.6 Å². The lowest BCUT2D eigenvalue weighted by Gasteiger charge is -2.34. The molecule has 3 rings (SSSR count). The third-order valence-electron chi connectivity index (χ3n) is 5.33. The summed E-state index contributed by atoms with van der Waals surface area (Å²) in [6, 6.07) is 2.17. The molecule has 2 fully saturated rings. The van der Waals surface area contributed by atoms with Crippen molar-refractivity contribution in [2.24, 2.45) is 11.8 Å². The summed E-state index contributed by atoms with van der Waals surface area (Å²) in [7, 11) is 0. The summed E-state index contributed by atoms with van der Waals surface area (Å²) in [4.78, 5) is 30.9. The predicted molar refractivity (Wildman–Crippen MR) is 102 cm³/mol. The van der Waals surface area contributed by atoms with Crippen LogP contribution in [0.5, 0.6) is 0 Å². The van der Waals surface area contributed by atoms with Gasteiger partial charge < -0.3 is 9.80 Å². The Morgan fingerprint density at radius 2 is 2.12 bits per heavy atom. The van der Waals surface area contributed by atoms with Gasteiger partial charge in [-0.1, -0.05) is 27.2 Å². The second kappa shape index (κ2) is 7.90. The molecule has 138 valence electrons. The number of thiophene rings is 1. The van der Waals surface area contributed by atoms with Crippen molar-refractivity contribution in [3.05, 3.63) is 21.9 Å². The van der Waals surface area contributed by atoms with Crippen LogP contribution in [0.4, 0.5) is 0 Å². The fourth-order valence-electron chi connectivity index (χ4n) is 3.60. The Bertz CT molecular complexity index is 621. The van der Waals surface area contributed by atoms with Crippen LogP contribution in [0.15, 0.2) is 11.4 Å². The number of aryl methyl sites for hydroxylation is 1. The second-order valence-corrected chi connectivity index (χ2v) is 8.85. The summed E-state index contributed by atoms with van der Waals surface area (Å²) in [6.07, 6.45) is 5.06. The lowest BCUT2D eigenvalue weighted by Crippen LogP contribution is -2.48. The maximum absolute atomic E-state index is 13.0. The highest BCUT2D eigenvalue weighted by Gasteiger charge is 2.36. The Labute approximate surface area is 155 Å². The van der Waals surface area contributed by atoms with Crippen molar-refractivity contribution in [1.82, 2.24) is 9.80 Å². The van der Waals surface area contributed by atoms with Crippen LogP contribution in [0, 0.1) is 11.8 Å². The number of rotatable bonds is 6. The Kier molecular flexibility index (Phi) is 5.82. The molecule has 2 amide bonds. The largest absolute Gasteiger partial charge is 0.337 e. The average Bonchev–Trinajstić information content (AvgIpc) is 3.31. The summed E-state index contributed by atoms with van der Waals surface area (Å²) in [5.41, 5.74) is 0.791. The first-order valence-electron chi connectivity index (χ1n) is 9.65. The third kappa shape index (κ3) is 4.43. The van der Waals surface area contributed by atoms with E-state index in [9.17, 15) is 9.59 Å². The van der Waals surface area contributed by atoms with E-state index in [2.05, 4.69) is 25.7 Å². The van der Waals surface area contributed by atoms with Crippen LogP contribution in [0.25, 0.3) is 0 Å². The van der Waals surface area contributed by atoms with Crippen LogP contribution in [0.3, 0.4) is 0 Å². The Morgan fingerprint density at radius 1 is 1.36 bits per heavy atom. The van der Waals surface area contributed by atoms with Crippen LogP contribution in [0.1, 0.15) is 61.7 Å². The normalized spacial score (nSPS) is 21.8. The molecule has 0 aromatic carbocycles. The SMILES string of the molecule is CCCc1cc(C(=O)N2CCC(=O)N(CC3CC3)C(C(C)C)C2)cs1. The molecule has 4 nitrogen and oxygen atoms in total. The van der Waals surface area contributed by atoms with Crippen molar-refractivity contribution in [3.63, 3.8) is 0 Å². The minimum atomic E-state index is 0.0883. The molecule has 0 bridgehead atoms. The van der Waals surface area contributed by atoms with E-state index in [1.165, 1.54) is 17.7 Å². The monoisotopic (exact) mass is 362 g/mol. The van der Waals surface area contributed by atoms with Crippen LogP contribution in [0.2, 0.25) is 0 Å². The van der Waals surface area contributed by atoms with E-state index in [-0.39, 0.29) is 17.9 Å². The summed E-state index contributed by atoms with van der Waals surface area (Å²) in [6.45, 7) is 8.56. The highest BCUT2D eigenvalue weighted by Crippen LogP contribution is 2.32. The summed E-state index contributed by atoms with van der Waals surface area (Å²) < 4.78 is 0. The van der Waals surface area contributed by atoms with Gasteiger partial charge in [0.05, 0.1) is 11.6 Å². The second-order valence-electron chi connectivity index (χ2n) is 7.85. The number of hydrogen-bond acceptors (Lipinski definition) is 3. The molecule has 0 radical (unpaired) electrons. The van der Waals surface area contributed by atoms with Gasteiger partial charge in [-0.25, -0.2) is 0 Å². The van der Waals surface area contributed by atoms with Gasteiger partial charge in [-0.15, -0.1) is 11.3 Å². The van der Waals surface area contributed by atoms with Gasteiger partial charge in [0.2, 0.25) is 5.91 Å². The number of amides is 2. The van der Waals surface area contributed by atoms with Gasteiger partial charge in [0.25, 0.3) is 5.91 Å². The van der Waals surface area contributed by atoms with E-state index in [0.717, 1.165) is 24.9 Å². The van der Waals surface area contributed by atoms with Crippen molar-refractivity contribution >= 4 is 23.2 Å². The molecular formula is C20H30N2O2S. The Morgan fingerprint density at radius 3 is 2.76 bits per heavy atom. The van der Waals surface area contributed by atoms with Gasteiger partial charge in [-0.2, -0.15) is 0 Å². The summed E-state index contributed by atoms with van der Waals surface area (Å²) in [5, 5.41) is 1.98. The first kappa shape index (κ1) is 18.4. The molecule has 25 heavy (non-hydrogen) atoms. The first-order valence-corrected chi connectivity index (χ1v) is 10.5. The molecule has 1 aliphatic heterocycles. The smallest absolute Gasteiger partial charge is 0.254 e. The van der Waals surface area contributed by atoms with E-state index in [0.29, 0.717) is 31.3 Å². The zero-order chi connectivity index (χ0) is 18.0. The lowest BCUT2D eigenvalue weighted by molar-refractivity contribution is -0.133. The highest BCUT2D eigenvalue weighted by atomic mass is 32.1. The summed E-state index contributed by atoms with van der Waals surface area (Å²) in [5.74, 6) is 1.35. The fraction of sp³-hybridized carbons (Fsp3) is 0.700. The highest BCUT2D eigenvalue weighted by molar-refractivity contribution is 7.10. The van der Waals surface area contributed by atoms with E-state index in [4.69, 9.17) is 0 Å². The maximum Gasteiger partial charge on any atom is 0.254 e. The standard InChI is InChI=1S/C20H30N2O2S/c1-4-5-17-10-16(13-25-17)20(24)21-9-8-19(23)22(11-15-6-7-15)18(12-21)14(2)3/h10,13-15,18H,4-9,11-12H2,1-3H3. The van der Waals surface area contributed by atoms with E-state index >= 15 is 0 Å². The molecule has 1 aliphatic carbocycles. The Balaban J connectivity index is 1.74. The van der Waals surface area contributed by atoms with Gasteiger partial charge in [0.15, 0.2) is 0 Å². The average molecular weight is 363 g/mol. The van der Waals surface area contributed by atoms with Crippen LogP contribution >= 0.6 is 11.3 Å². The van der Waals surface area contributed by atoms with Crippen LogP contribution < -0.4 is 0 Å². The fourth-order valence-corrected chi connectivity index (χ4v) is 4.56. The number of nitrogens with zero attached hydrogens (tertiary/aromatic N) is 2. The molecule has 2 aliphatic rings. The summed E-state index contributed by atoms with van der Waals surface area (Å²) >= 11 is 1.67. The molecule has 1 unspecified atom stereocenters. The third-order valence-corrected chi connectivity index (χ3v) is 6.33. The van der Waals surface area contributed by atoms with Crippen molar-refractivity contribution in [1.29, 1.82) is 0 Å². The van der Waals surface area contributed by atoms with Gasteiger partial charge in [0.1, 0.15) is 0 Å². The molecule has 0 spiro atoms. The quantitative estimate of drug-likeness (QED) is 0.772. The van der Waals surface area contributed by atoms with Gasteiger partial charge in [-0.3, -0.25) is 9.59 Å². The molecule has 5 heteroatoms. The predicted octanol–water partition coefficient (Wildman–Crippen LogP) is 3.81. The van der Waals surface area contributed by atoms with Crippen LogP contribution in [-0.4, -0.2) is 47.3 Å². The zero-order valence-corrected chi connectivity index (χ0v) is 16.5. The van der Waals surface area contributed by atoms with Crippen molar-refractivity contribution in [2.75, 3.05) is 19.6 Å². The molecule has 1 saturated heterocycles. The van der Waals surface area contributed by atoms with Crippen molar-refractivity contribution in [3.8, 4) is 0 Å². The maximum atomic E-state index is 13.0. The Hall–Kier alpha value is -1.36. The minimum absolute atomic E-state index is 0.0883. The van der Waals surface area contributed by atoms with Gasteiger partial charge >= 0.3 is 0 Å². The number of hydrogen-bond donors (Lipinski definition) is 0. The first-order chi connectivity index (χ1) is 12.0. The number of carbonyl (C=O) groups is 2. The molecule has 2 heterocycles. The molecule has 1 aromatic rings. The van der Waals surface area contributed by atoms with Crippen molar-refractivity contribution in [2.45, 2.75) is 58.9 Å². The van der Waals surface area contributed by atoms with E-state index < -0.39 is 0 Å². The van der Waals surface area contributed by atoms with E-state index in [1.807, 2.05) is 16.3 Å². The molecule has 1 atom stereocenters.